The summed E-state index contributed by atoms with van der Waals surface area (Å²) in [6, 6.07) is 16.1. The summed E-state index contributed by atoms with van der Waals surface area (Å²) in [5.74, 6) is 2.35. The summed E-state index contributed by atoms with van der Waals surface area (Å²) in [7, 11) is 1.65. The molecule has 2 aromatic carbocycles. The van der Waals surface area contributed by atoms with E-state index in [4.69, 9.17) is 19.2 Å². The van der Waals surface area contributed by atoms with Gasteiger partial charge in [-0.3, -0.25) is 0 Å². The first-order valence-electron chi connectivity index (χ1n) is 10.9. The highest BCUT2D eigenvalue weighted by molar-refractivity contribution is 5.79. The molecular weight excluding hydrogens is 392 g/mol. The summed E-state index contributed by atoms with van der Waals surface area (Å²) >= 11 is 0. The van der Waals surface area contributed by atoms with Crippen molar-refractivity contribution < 1.29 is 14.2 Å². The average Bonchev–Trinajstić information content (AvgIpc) is 2.81. The smallest absolute Gasteiger partial charge is 0.191 e. The van der Waals surface area contributed by atoms with Crippen molar-refractivity contribution in [1.29, 1.82) is 0 Å². The van der Waals surface area contributed by atoms with E-state index in [1.54, 1.807) is 7.11 Å². The van der Waals surface area contributed by atoms with Gasteiger partial charge in [0.05, 0.1) is 33.4 Å². The summed E-state index contributed by atoms with van der Waals surface area (Å²) in [6.45, 7) is 9.50. The molecular formula is C24H34N4O3. The molecule has 7 nitrogen and oxygen atoms in total. The summed E-state index contributed by atoms with van der Waals surface area (Å²) in [6.07, 6.45) is -0.0309. The Balaban J connectivity index is 1.59. The summed E-state index contributed by atoms with van der Waals surface area (Å²) in [4.78, 5) is 7.18. The van der Waals surface area contributed by atoms with Crippen molar-refractivity contribution in [2.45, 2.75) is 26.5 Å². The van der Waals surface area contributed by atoms with Gasteiger partial charge in [-0.15, -0.1) is 0 Å². The van der Waals surface area contributed by atoms with Gasteiger partial charge in [-0.1, -0.05) is 24.3 Å². The molecule has 1 fully saturated rings. The van der Waals surface area contributed by atoms with Gasteiger partial charge in [0, 0.05) is 31.4 Å². The second-order valence-corrected chi connectivity index (χ2v) is 7.41. The quantitative estimate of drug-likeness (QED) is 0.475. The second kappa shape index (κ2) is 12.1. The standard InChI is InChI=1S/C24H34N4O3/c1-4-25-24(26-17-19(2)31-22-10-7-9-21(16-22)29-3)27-18-20-8-5-6-11-23(20)28-12-14-30-15-13-28/h5-11,16,19H,4,12-15,17-18H2,1-3H3,(H2,25,26,27). The van der Waals surface area contributed by atoms with Crippen LogP contribution in [0, 0.1) is 0 Å². The fraction of sp³-hybridized carbons (Fsp3) is 0.458. The Hall–Kier alpha value is -2.93. The number of hydrogen-bond donors (Lipinski definition) is 2. The average molecular weight is 427 g/mol. The molecule has 0 spiro atoms. The molecule has 1 aliphatic rings. The van der Waals surface area contributed by atoms with E-state index in [1.807, 2.05) is 31.2 Å². The van der Waals surface area contributed by atoms with Crippen LogP contribution in [0.2, 0.25) is 0 Å². The minimum Gasteiger partial charge on any atom is -0.497 e. The molecule has 31 heavy (non-hydrogen) atoms. The fourth-order valence-electron chi connectivity index (χ4n) is 3.45. The Kier molecular flexibility index (Phi) is 8.84. The maximum absolute atomic E-state index is 6.00. The molecule has 2 aromatic rings. The van der Waals surface area contributed by atoms with Gasteiger partial charge in [-0.2, -0.15) is 0 Å². The lowest BCUT2D eigenvalue weighted by molar-refractivity contribution is 0.122. The van der Waals surface area contributed by atoms with E-state index in [0.29, 0.717) is 13.1 Å². The van der Waals surface area contributed by atoms with Gasteiger partial charge in [0.15, 0.2) is 5.96 Å². The molecule has 1 saturated heterocycles. The molecule has 168 valence electrons. The lowest BCUT2D eigenvalue weighted by Crippen LogP contribution is -2.41. The Bertz CT molecular complexity index is 837. The van der Waals surface area contributed by atoms with Gasteiger partial charge in [0.25, 0.3) is 0 Å². The number of ether oxygens (including phenoxy) is 3. The zero-order chi connectivity index (χ0) is 21.9. The first kappa shape index (κ1) is 22.7. The number of morpholine rings is 1. The predicted molar refractivity (Wildman–Crippen MR) is 125 cm³/mol. The molecule has 0 amide bonds. The van der Waals surface area contributed by atoms with E-state index in [2.05, 4.69) is 46.7 Å². The highest BCUT2D eigenvalue weighted by Gasteiger charge is 2.14. The van der Waals surface area contributed by atoms with E-state index in [-0.39, 0.29) is 6.10 Å². The molecule has 7 heteroatoms. The number of guanidine groups is 1. The Morgan fingerprint density at radius 2 is 1.87 bits per heavy atom. The number of nitrogens with one attached hydrogen (secondary N) is 2. The molecule has 1 unspecified atom stereocenters. The van der Waals surface area contributed by atoms with Crippen LogP contribution in [-0.4, -0.2) is 58.6 Å². The number of anilines is 1. The molecule has 0 saturated carbocycles. The molecule has 0 aromatic heterocycles. The summed E-state index contributed by atoms with van der Waals surface area (Å²) < 4.78 is 16.8. The van der Waals surface area contributed by atoms with Crippen LogP contribution in [0.25, 0.3) is 0 Å². The third-order valence-electron chi connectivity index (χ3n) is 5.03. The van der Waals surface area contributed by atoms with E-state index in [1.165, 1.54) is 11.3 Å². The van der Waals surface area contributed by atoms with E-state index in [9.17, 15) is 0 Å². The molecule has 1 atom stereocenters. The largest absolute Gasteiger partial charge is 0.497 e. The Morgan fingerprint density at radius 3 is 2.65 bits per heavy atom. The van der Waals surface area contributed by atoms with Gasteiger partial charge in [0.1, 0.15) is 17.6 Å². The first-order valence-corrected chi connectivity index (χ1v) is 10.9. The molecule has 0 bridgehead atoms. The van der Waals surface area contributed by atoms with Crippen molar-refractivity contribution in [3.05, 3.63) is 54.1 Å². The monoisotopic (exact) mass is 426 g/mol. The van der Waals surface area contributed by atoms with Crippen LogP contribution in [0.4, 0.5) is 5.69 Å². The van der Waals surface area contributed by atoms with Crippen LogP contribution in [-0.2, 0) is 11.3 Å². The zero-order valence-electron chi connectivity index (χ0n) is 18.8. The molecule has 1 aliphatic heterocycles. The maximum atomic E-state index is 6.00. The predicted octanol–water partition coefficient (Wildman–Crippen LogP) is 3.05. The summed E-state index contributed by atoms with van der Waals surface area (Å²) in [5.41, 5.74) is 2.45. The number of aliphatic imine (C=N–C) groups is 1. The minimum atomic E-state index is -0.0309. The van der Waals surface area contributed by atoms with Crippen LogP contribution < -0.4 is 25.0 Å². The lowest BCUT2D eigenvalue weighted by atomic mass is 10.1. The Labute approximate surface area is 185 Å². The molecule has 3 rings (SSSR count). The van der Waals surface area contributed by atoms with Crippen molar-refractivity contribution in [1.82, 2.24) is 10.6 Å². The van der Waals surface area contributed by atoms with Crippen molar-refractivity contribution in [2.24, 2.45) is 4.99 Å². The molecule has 1 heterocycles. The number of benzene rings is 2. The molecule has 0 radical (unpaired) electrons. The van der Waals surface area contributed by atoms with Crippen LogP contribution in [0.15, 0.2) is 53.5 Å². The third-order valence-corrected chi connectivity index (χ3v) is 5.03. The van der Waals surface area contributed by atoms with E-state index < -0.39 is 0 Å². The van der Waals surface area contributed by atoms with Crippen LogP contribution in [0.1, 0.15) is 19.4 Å². The fourth-order valence-corrected chi connectivity index (χ4v) is 3.45. The third kappa shape index (κ3) is 7.07. The molecule has 2 N–H and O–H groups in total. The molecule has 0 aliphatic carbocycles. The number of hydrogen-bond acceptors (Lipinski definition) is 5. The van der Waals surface area contributed by atoms with Gasteiger partial charge in [-0.25, -0.2) is 4.99 Å². The maximum Gasteiger partial charge on any atom is 0.191 e. The van der Waals surface area contributed by atoms with Gasteiger partial charge < -0.3 is 29.7 Å². The number of nitrogens with zero attached hydrogens (tertiary/aromatic N) is 2. The second-order valence-electron chi connectivity index (χ2n) is 7.41. The zero-order valence-corrected chi connectivity index (χ0v) is 18.8. The van der Waals surface area contributed by atoms with Crippen LogP contribution >= 0.6 is 0 Å². The normalized spacial score (nSPS) is 15.3. The topological polar surface area (TPSA) is 67.4 Å². The summed E-state index contributed by atoms with van der Waals surface area (Å²) in [5, 5.41) is 6.71. The highest BCUT2D eigenvalue weighted by atomic mass is 16.5. The lowest BCUT2D eigenvalue weighted by Gasteiger charge is -2.30. The Morgan fingerprint density at radius 1 is 1.10 bits per heavy atom. The van der Waals surface area contributed by atoms with Crippen molar-refractivity contribution >= 4 is 11.6 Å². The van der Waals surface area contributed by atoms with E-state index >= 15 is 0 Å². The SMILES string of the molecule is CCNC(=NCc1ccccc1N1CCOCC1)NCC(C)Oc1cccc(OC)c1. The van der Waals surface area contributed by atoms with Crippen LogP contribution in [0.3, 0.4) is 0 Å². The number of rotatable bonds is 9. The van der Waals surface area contributed by atoms with Gasteiger partial charge in [-0.05, 0) is 37.6 Å². The number of methoxy groups -OCH3 is 1. The van der Waals surface area contributed by atoms with Gasteiger partial charge >= 0.3 is 0 Å². The highest BCUT2D eigenvalue weighted by Crippen LogP contribution is 2.22. The minimum absolute atomic E-state index is 0.0309. The first-order chi connectivity index (χ1) is 15.2. The van der Waals surface area contributed by atoms with Crippen molar-refractivity contribution in [2.75, 3.05) is 51.4 Å². The van der Waals surface area contributed by atoms with Crippen molar-refractivity contribution in [3.8, 4) is 11.5 Å². The van der Waals surface area contributed by atoms with Gasteiger partial charge in [0.2, 0.25) is 0 Å². The van der Waals surface area contributed by atoms with Crippen molar-refractivity contribution in [3.63, 3.8) is 0 Å². The van der Waals surface area contributed by atoms with Crippen LogP contribution in [0.5, 0.6) is 11.5 Å². The number of para-hydroxylation sites is 1. The van der Waals surface area contributed by atoms with E-state index in [0.717, 1.165) is 50.3 Å².